The van der Waals surface area contributed by atoms with Crippen LogP contribution in [0, 0.1) is 0 Å². The maximum atomic E-state index is 11.8. The first-order valence-electron chi connectivity index (χ1n) is 5.55. The Morgan fingerprint density at radius 1 is 1.50 bits per heavy atom. The first-order chi connectivity index (χ1) is 6.77. The molecule has 1 heterocycles. The van der Waals surface area contributed by atoms with Gasteiger partial charge in [0.25, 0.3) is 0 Å². The number of hydrogen-bond acceptors (Lipinski definition) is 2. The monoisotopic (exact) mass is 197 g/mol. The molecule has 0 bridgehead atoms. The molecule has 0 unspecified atom stereocenters. The van der Waals surface area contributed by atoms with E-state index in [1.54, 1.807) is 0 Å². The Morgan fingerprint density at radius 3 is 2.86 bits per heavy atom. The Hall–Kier alpha value is -0.770. The molecule has 2 amide bonds. The second-order valence-corrected chi connectivity index (χ2v) is 4.32. The summed E-state index contributed by atoms with van der Waals surface area (Å²) in [6.07, 6.45) is 3.58. The molecule has 0 aromatic carbocycles. The molecule has 1 aliphatic heterocycles. The van der Waals surface area contributed by atoms with Crippen molar-refractivity contribution in [1.82, 2.24) is 15.5 Å². The van der Waals surface area contributed by atoms with E-state index < -0.39 is 0 Å². The summed E-state index contributed by atoms with van der Waals surface area (Å²) in [5, 5.41) is 6.35. The average Bonchev–Trinajstić information content (AvgIpc) is 2.12. The van der Waals surface area contributed by atoms with Crippen molar-refractivity contribution < 1.29 is 4.79 Å². The molecule has 4 nitrogen and oxygen atoms in total. The lowest BCUT2D eigenvalue weighted by Gasteiger charge is -2.36. The van der Waals surface area contributed by atoms with Crippen LogP contribution < -0.4 is 10.6 Å². The highest BCUT2D eigenvalue weighted by atomic mass is 16.2. The molecule has 2 N–H and O–H groups in total. The topological polar surface area (TPSA) is 44.4 Å². The van der Waals surface area contributed by atoms with Gasteiger partial charge in [-0.15, -0.1) is 0 Å². The Labute approximate surface area is 85.0 Å². The quantitative estimate of drug-likeness (QED) is 0.644. The lowest BCUT2D eigenvalue weighted by atomic mass is 9.93. The molecule has 2 rings (SSSR count). The summed E-state index contributed by atoms with van der Waals surface area (Å²) < 4.78 is 0. The third-order valence-corrected chi connectivity index (χ3v) is 3.19. The van der Waals surface area contributed by atoms with Crippen LogP contribution in [-0.4, -0.2) is 42.6 Å². The van der Waals surface area contributed by atoms with Crippen LogP contribution in [0.2, 0.25) is 0 Å². The van der Waals surface area contributed by atoms with E-state index in [0.29, 0.717) is 12.1 Å². The fourth-order valence-corrected chi connectivity index (χ4v) is 1.95. The summed E-state index contributed by atoms with van der Waals surface area (Å²) in [5.74, 6) is 0. The molecule has 2 aliphatic rings. The molecule has 2 fully saturated rings. The normalized spacial score (nSPS) is 28.4. The smallest absolute Gasteiger partial charge is 0.317 e. The number of amides is 2. The van der Waals surface area contributed by atoms with Crippen molar-refractivity contribution >= 4 is 6.03 Å². The van der Waals surface area contributed by atoms with Gasteiger partial charge in [0.2, 0.25) is 0 Å². The second-order valence-electron chi connectivity index (χ2n) is 4.32. The van der Waals surface area contributed by atoms with Gasteiger partial charge in [0.15, 0.2) is 0 Å². The van der Waals surface area contributed by atoms with Gasteiger partial charge in [-0.2, -0.15) is 0 Å². The summed E-state index contributed by atoms with van der Waals surface area (Å²) >= 11 is 0. The molecule has 4 heteroatoms. The Balaban J connectivity index is 1.82. The minimum absolute atomic E-state index is 0.128. The molecular formula is C10H19N3O. The third-order valence-electron chi connectivity index (χ3n) is 3.19. The van der Waals surface area contributed by atoms with Crippen molar-refractivity contribution in [3.05, 3.63) is 0 Å². The molecule has 1 saturated heterocycles. The molecule has 1 aliphatic carbocycles. The molecule has 0 spiro atoms. The molecule has 0 aromatic rings. The van der Waals surface area contributed by atoms with E-state index in [0.717, 1.165) is 32.5 Å². The van der Waals surface area contributed by atoms with E-state index in [-0.39, 0.29) is 6.03 Å². The van der Waals surface area contributed by atoms with E-state index in [9.17, 15) is 4.79 Å². The van der Waals surface area contributed by atoms with Crippen LogP contribution >= 0.6 is 0 Å². The summed E-state index contributed by atoms with van der Waals surface area (Å²) in [6.45, 7) is 4.76. The minimum atomic E-state index is 0.128. The van der Waals surface area contributed by atoms with Gasteiger partial charge in [0, 0.05) is 31.7 Å². The van der Waals surface area contributed by atoms with Crippen LogP contribution in [0.25, 0.3) is 0 Å². The second kappa shape index (κ2) is 4.17. The fraction of sp³-hybridized carbons (Fsp3) is 0.900. The molecule has 0 aromatic heterocycles. The van der Waals surface area contributed by atoms with Crippen LogP contribution in [-0.2, 0) is 0 Å². The van der Waals surface area contributed by atoms with Gasteiger partial charge in [0.05, 0.1) is 0 Å². The van der Waals surface area contributed by atoms with Crippen molar-refractivity contribution in [1.29, 1.82) is 0 Å². The number of rotatable bonds is 1. The van der Waals surface area contributed by atoms with Gasteiger partial charge in [-0.1, -0.05) is 0 Å². The summed E-state index contributed by atoms with van der Waals surface area (Å²) in [7, 11) is 0. The lowest BCUT2D eigenvalue weighted by Crippen LogP contribution is -2.57. The predicted molar refractivity (Wildman–Crippen MR) is 55.2 cm³/mol. The highest BCUT2D eigenvalue weighted by Crippen LogP contribution is 2.18. The van der Waals surface area contributed by atoms with Crippen LogP contribution in [0.15, 0.2) is 0 Å². The van der Waals surface area contributed by atoms with E-state index in [1.165, 1.54) is 6.42 Å². The van der Waals surface area contributed by atoms with Crippen molar-refractivity contribution in [3.8, 4) is 0 Å². The summed E-state index contributed by atoms with van der Waals surface area (Å²) in [4.78, 5) is 13.7. The van der Waals surface area contributed by atoms with Crippen molar-refractivity contribution in [2.45, 2.75) is 38.3 Å². The van der Waals surface area contributed by atoms with Gasteiger partial charge in [-0.25, -0.2) is 4.79 Å². The summed E-state index contributed by atoms with van der Waals surface area (Å²) in [5.41, 5.74) is 0. The van der Waals surface area contributed by atoms with Crippen LogP contribution in [0.5, 0.6) is 0 Å². The van der Waals surface area contributed by atoms with E-state index in [2.05, 4.69) is 17.6 Å². The number of nitrogens with zero attached hydrogens (tertiary/aromatic N) is 1. The SMILES string of the molecule is C[C@H]1CNCCN1C(=O)NC1CCC1. The van der Waals surface area contributed by atoms with E-state index in [1.807, 2.05) is 4.90 Å². The molecule has 1 atom stereocenters. The van der Waals surface area contributed by atoms with Crippen LogP contribution in [0.4, 0.5) is 4.79 Å². The average molecular weight is 197 g/mol. The largest absolute Gasteiger partial charge is 0.335 e. The van der Waals surface area contributed by atoms with Crippen molar-refractivity contribution in [3.63, 3.8) is 0 Å². The number of carbonyl (C=O) groups excluding carboxylic acids is 1. The zero-order chi connectivity index (χ0) is 9.97. The molecule has 80 valence electrons. The fourth-order valence-electron chi connectivity index (χ4n) is 1.95. The maximum absolute atomic E-state index is 11.8. The minimum Gasteiger partial charge on any atom is -0.335 e. The van der Waals surface area contributed by atoms with E-state index in [4.69, 9.17) is 0 Å². The molecule has 1 saturated carbocycles. The molecule has 0 radical (unpaired) electrons. The highest BCUT2D eigenvalue weighted by molar-refractivity contribution is 5.75. The molecule has 14 heavy (non-hydrogen) atoms. The highest BCUT2D eigenvalue weighted by Gasteiger charge is 2.26. The van der Waals surface area contributed by atoms with Crippen LogP contribution in [0.1, 0.15) is 26.2 Å². The molecular weight excluding hydrogens is 178 g/mol. The number of piperazine rings is 1. The van der Waals surface area contributed by atoms with Gasteiger partial charge in [-0.05, 0) is 26.2 Å². The Morgan fingerprint density at radius 2 is 2.29 bits per heavy atom. The lowest BCUT2D eigenvalue weighted by molar-refractivity contribution is 0.155. The maximum Gasteiger partial charge on any atom is 0.317 e. The first-order valence-corrected chi connectivity index (χ1v) is 5.55. The van der Waals surface area contributed by atoms with Gasteiger partial charge in [-0.3, -0.25) is 0 Å². The van der Waals surface area contributed by atoms with Gasteiger partial charge in [0.1, 0.15) is 0 Å². The number of nitrogens with one attached hydrogen (secondary N) is 2. The zero-order valence-electron chi connectivity index (χ0n) is 8.75. The Bertz CT molecular complexity index is 215. The van der Waals surface area contributed by atoms with Crippen LogP contribution in [0.3, 0.4) is 0 Å². The predicted octanol–water partition coefficient (Wildman–Crippen LogP) is 0.542. The number of hydrogen-bond donors (Lipinski definition) is 2. The van der Waals surface area contributed by atoms with Crippen molar-refractivity contribution in [2.75, 3.05) is 19.6 Å². The zero-order valence-corrected chi connectivity index (χ0v) is 8.75. The first kappa shape index (κ1) is 9.77. The number of carbonyl (C=O) groups is 1. The number of urea groups is 1. The third kappa shape index (κ3) is 2.00. The van der Waals surface area contributed by atoms with Gasteiger partial charge >= 0.3 is 6.03 Å². The summed E-state index contributed by atoms with van der Waals surface area (Å²) in [6, 6.07) is 0.900. The Kier molecular flexibility index (Phi) is 2.91. The van der Waals surface area contributed by atoms with Crippen molar-refractivity contribution in [2.24, 2.45) is 0 Å². The standard InChI is InChI=1S/C10H19N3O/c1-8-7-11-5-6-13(8)10(14)12-9-3-2-4-9/h8-9,11H,2-7H2,1H3,(H,12,14)/t8-/m0/s1. The van der Waals surface area contributed by atoms with Gasteiger partial charge < -0.3 is 15.5 Å². The van der Waals surface area contributed by atoms with E-state index >= 15 is 0 Å².